The first-order chi connectivity index (χ1) is 14.3. The number of hydrogen-bond acceptors (Lipinski definition) is 3. The summed E-state index contributed by atoms with van der Waals surface area (Å²) in [4.78, 5) is 4.93. The number of methoxy groups -OCH3 is 1. The molecule has 0 aliphatic carbocycles. The second kappa shape index (κ2) is 7.51. The normalized spacial score (nSPS) is 16.4. The van der Waals surface area contributed by atoms with Gasteiger partial charge in [-0.15, -0.1) is 0 Å². The van der Waals surface area contributed by atoms with Gasteiger partial charge in [-0.1, -0.05) is 54.6 Å². The first-order valence-corrected chi connectivity index (χ1v) is 10.0. The average molecular weight is 380 g/mol. The molecule has 1 fully saturated rings. The van der Waals surface area contributed by atoms with E-state index in [1.54, 1.807) is 7.11 Å². The maximum absolute atomic E-state index is 5.35. The van der Waals surface area contributed by atoms with Gasteiger partial charge in [-0.3, -0.25) is 0 Å². The molecule has 5 rings (SSSR count). The molecule has 144 valence electrons. The van der Waals surface area contributed by atoms with Crippen molar-refractivity contribution in [1.82, 2.24) is 0 Å². The summed E-state index contributed by atoms with van der Waals surface area (Å²) >= 11 is 0. The molecule has 0 aromatic heterocycles. The molecule has 1 heterocycles. The Morgan fingerprint density at radius 1 is 0.724 bits per heavy atom. The molecular formula is C26H24N2O. The number of hydrogen-bond donors (Lipinski definition) is 0. The lowest BCUT2D eigenvalue weighted by Crippen LogP contribution is -2.26. The van der Waals surface area contributed by atoms with Crippen molar-refractivity contribution in [3.63, 3.8) is 0 Å². The molecule has 29 heavy (non-hydrogen) atoms. The average Bonchev–Trinajstić information content (AvgIpc) is 3.25. The van der Waals surface area contributed by atoms with Gasteiger partial charge in [-0.2, -0.15) is 0 Å². The quantitative estimate of drug-likeness (QED) is 0.440. The van der Waals surface area contributed by atoms with Gasteiger partial charge in [-0.05, 0) is 58.8 Å². The first kappa shape index (κ1) is 17.6. The van der Waals surface area contributed by atoms with Crippen LogP contribution in [0.2, 0.25) is 0 Å². The third-order valence-electron chi connectivity index (χ3n) is 5.78. The van der Waals surface area contributed by atoms with Crippen molar-refractivity contribution in [2.75, 3.05) is 30.1 Å². The van der Waals surface area contributed by atoms with Crippen LogP contribution in [0.5, 0.6) is 5.75 Å². The number of para-hydroxylation sites is 1. The summed E-state index contributed by atoms with van der Waals surface area (Å²) in [6, 6.07) is 34.8. The van der Waals surface area contributed by atoms with E-state index in [1.165, 1.54) is 27.7 Å². The third-order valence-corrected chi connectivity index (χ3v) is 5.78. The lowest BCUT2D eigenvalue weighted by atomic mass is 10.0. The van der Waals surface area contributed by atoms with E-state index in [4.69, 9.17) is 4.74 Å². The van der Waals surface area contributed by atoms with Crippen molar-refractivity contribution in [3.05, 3.63) is 103 Å². The predicted octanol–water partition coefficient (Wildman–Crippen LogP) is 5.87. The van der Waals surface area contributed by atoms with Gasteiger partial charge < -0.3 is 14.5 Å². The van der Waals surface area contributed by atoms with Crippen LogP contribution in [-0.4, -0.2) is 20.3 Å². The fraction of sp³-hybridized carbons (Fsp3) is 0.154. The van der Waals surface area contributed by atoms with Crippen molar-refractivity contribution in [3.8, 4) is 5.75 Å². The Hall–Kier alpha value is -3.46. The zero-order chi connectivity index (χ0) is 19.6. The Balaban J connectivity index is 1.54. The SMILES string of the molecule is COc1ccc(N2CN(c3ccccc3)CC2c2ccc3ccccc3c2)cc1. The molecule has 0 radical (unpaired) electrons. The van der Waals surface area contributed by atoms with E-state index in [-0.39, 0.29) is 6.04 Å². The summed E-state index contributed by atoms with van der Waals surface area (Å²) in [7, 11) is 1.71. The molecule has 1 aliphatic rings. The molecule has 0 bridgehead atoms. The fourth-order valence-corrected chi connectivity index (χ4v) is 4.21. The molecule has 1 atom stereocenters. The summed E-state index contributed by atoms with van der Waals surface area (Å²) in [5.41, 5.74) is 3.81. The smallest absolute Gasteiger partial charge is 0.119 e. The third kappa shape index (κ3) is 3.40. The molecule has 4 aromatic carbocycles. The maximum atomic E-state index is 5.35. The first-order valence-electron chi connectivity index (χ1n) is 10.0. The molecule has 3 nitrogen and oxygen atoms in total. The lowest BCUT2D eigenvalue weighted by Gasteiger charge is -2.26. The van der Waals surface area contributed by atoms with Crippen LogP contribution in [-0.2, 0) is 0 Å². The number of rotatable bonds is 4. The van der Waals surface area contributed by atoms with Crippen molar-refractivity contribution in [2.45, 2.75) is 6.04 Å². The van der Waals surface area contributed by atoms with Gasteiger partial charge in [0.25, 0.3) is 0 Å². The number of benzene rings is 4. The second-order valence-electron chi connectivity index (χ2n) is 7.49. The molecule has 0 saturated carbocycles. The Morgan fingerprint density at radius 3 is 2.21 bits per heavy atom. The zero-order valence-corrected chi connectivity index (χ0v) is 16.5. The zero-order valence-electron chi connectivity index (χ0n) is 16.5. The van der Waals surface area contributed by atoms with E-state index in [2.05, 4.69) is 94.7 Å². The fourth-order valence-electron chi connectivity index (χ4n) is 4.21. The van der Waals surface area contributed by atoms with Gasteiger partial charge in [-0.25, -0.2) is 0 Å². The van der Waals surface area contributed by atoms with Crippen molar-refractivity contribution < 1.29 is 4.74 Å². The van der Waals surface area contributed by atoms with E-state index in [0.717, 1.165) is 19.0 Å². The van der Waals surface area contributed by atoms with Crippen LogP contribution in [0.3, 0.4) is 0 Å². The number of anilines is 2. The Labute approximate surface area is 171 Å². The summed E-state index contributed by atoms with van der Waals surface area (Å²) in [6.45, 7) is 1.81. The van der Waals surface area contributed by atoms with E-state index in [1.807, 2.05) is 12.1 Å². The summed E-state index contributed by atoms with van der Waals surface area (Å²) in [5, 5.41) is 2.57. The van der Waals surface area contributed by atoms with Gasteiger partial charge in [0.1, 0.15) is 5.75 Å². The number of fused-ring (bicyclic) bond motifs is 1. The Bertz CT molecular complexity index is 1110. The number of nitrogens with zero attached hydrogens (tertiary/aromatic N) is 2. The number of ether oxygens (including phenoxy) is 1. The van der Waals surface area contributed by atoms with E-state index < -0.39 is 0 Å². The largest absolute Gasteiger partial charge is 0.497 e. The Kier molecular flexibility index (Phi) is 4.57. The van der Waals surface area contributed by atoms with Gasteiger partial charge >= 0.3 is 0 Å². The minimum absolute atomic E-state index is 0.285. The lowest BCUT2D eigenvalue weighted by molar-refractivity contribution is 0.415. The highest BCUT2D eigenvalue weighted by Crippen LogP contribution is 2.36. The molecule has 1 aliphatic heterocycles. The molecule has 0 spiro atoms. The minimum atomic E-state index is 0.285. The predicted molar refractivity (Wildman–Crippen MR) is 121 cm³/mol. The highest BCUT2D eigenvalue weighted by molar-refractivity contribution is 5.83. The molecule has 1 unspecified atom stereocenters. The molecule has 3 heteroatoms. The van der Waals surface area contributed by atoms with E-state index >= 15 is 0 Å². The molecule has 0 amide bonds. The molecule has 1 saturated heterocycles. The summed E-state index contributed by atoms with van der Waals surface area (Å²) in [5.74, 6) is 0.884. The van der Waals surface area contributed by atoms with Crippen LogP contribution in [0.25, 0.3) is 10.8 Å². The van der Waals surface area contributed by atoms with Crippen molar-refractivity contribution in [2.24, 2.45) is 0 Å². The molecular weight excluding hydrogens is 356 g/mol. The molecule has 0 N–H and O–H groups in total. The summed E-state index contributed by atoms with van der Waals surface area (Å²) < 4.78 is 5.35. The maximum Gasteiger partial charge on any atom is 0.119 e. The van der Waals surface area contributed by atoms with Gasteiger partial charge in [0.15, 0.2) is 0 Å². The van der Waals surface area contributed by atoms with Crippen LogP contribution in [0.15, 0.2) is 97.1 Å². The van der Waals surface area contributed by atoms with Crippen molar-refractivity contribution in [1.29, 1.82) is 0 Å². The van der Waals surface area contributed by atoms with Crippen molar-refractivity contribution >= 4 is 22.1 Å². The topological polar surface area (TPSA) is 15.7 Å². The minimum Gasteiger partial charge on any atom is -0.497 e. The van der Waals surface area contributed by atoms with Gasteiger partial charge in [0.05, 0.1) is 19.8 Å². The highest BCUT2D eigenvalue weighted by atomic mass is 16.5. The highest BCUT2D eigenvalue weighted by Gasteiger charge is 2.32. The van der Waals surface area contributed by atoms with E-state index in [9.17, 15) is 0 Å². The Morgan fingerprint density at radius 2 is 1.45 bits per heavy atom. The standard InChI is InChI=1S/C26H24N2O/c1-29-25-15-13-24(14-16-25)28-19-27(23-9-3-2-4-10-23)18-26(28)22-12-11-20-7-5-6-8-21(20)17-22/h2-17,26H,18-19H2,1H3. The monoisotopic (exact) mass is 380 g/mol. The van der Waals surface area contributed by atoms with Gasteiger partial charge in [0, 0.05) is 17.9 Å². The second-order valence-corrected chi connectivity index (χ2v) is 7.49. The van der Waals surface area contributed by atoms with Crippen LogP contribution in [0.1, 0.15) is 11.6 Å². The van der Waals surface area contributed by atoms with Gasteiger partial charge in [0.2, 0.25) is 0 Å². The molecule has 4 aromatic rings. The van der Waals surface area contributed by atoms with Crippen LogP contribution < -0.4 is 14.5 Å². The van der Waals surface area contributed by atoms with Crippen LogP contribution >= 0.6 is 0 Å². The van der Waals surface area contributed by atoms with Crippen LogP contribution in [0, 0.1) is 0 Å². The van der Waals surface area contributed by atoms with E-state index in [0.29, 0.717) is 0 Å². The summed E-state index contributed by atoms with van der Waals surface area (Å²) in [6.07, 6.45) is 0. The van der Waals surface area contributed by atoms with Crippen LogP contribution in [0.4, 0.5) is 11.4 Å².